The number of hydrogen-bond acceptors (Lipinski definition) is 4. The highest BCUT2D eigenvalue weighted by Gasteiger charge is 2.17. The molecule has 168 valence electrons. The number of ether oxygens (including phenoxy) is 1. The standard InChI is InChI=1S/C26H36ClN3O/c1-6-30(7-2)14-8-9-20(15-18(3)4)28-26-22-12-10-19(27)16-25(22)29-24-13-11-21(31-5)17-23(24)26/h10-13,16-18,20H,6-9,14-15H2,1-5H3,(H,28,29). The third kappa shape index (κ3) is 6.02. The van der Waals surface area contributed by atoms with Gasteiger partial charge in [0.15, 0.2) is 0 Å². The van der Waals surface area contributed by atoms with Gasteiger partial charge >= 0.3 is 0 Å². The van der Waals surface area contributed by atoms with Crippen LogP contribution in [0.25, 0.3) is 21.8 Å². The fourth-order valence-corrected chi connectivity index (χ4v) is 4.47. The Balaban J connectivity index is 1.99. The molecule has 3 aromatic rings. The molecule has 0 aliphatic carbocycles. The first kappa shape index (κ1) is 23.6. The van der Waals surface area contributed by atoms with Crippen LogP contribution in [0.1, 0.15) is 47.0 Å². The van der Waals surface area contributed by atoms with E-state index in [9.17, 15) is 0 Å². The van der Waals surface area contributed by atoms with E-state index < -0.39 is 0 Å². The Bertz CT molecular complexity index is 1000. The molecule has 0 bridgehead atoms. The van der Waals surface area contributed by atoms with E-state index in [0.29, 0.717) is 17.0 Å². The number of nitrogens with one attached hydrogen (secondary N) is 1. The van der Waals surface area contributed by atoms with E-state index in [2.05, 4.69) is 50.0 Å². The minimum atomic E-state index is 0.395. The van der Waals surface area contributed by atoms with Crippen LogP contribution in [0.4, 0.5) is 5.69 Å². The monoisotopic (exact) mass is 441 g/mol. The molecule has 0 radical (unpaired) electrons. The Morgan fingerprint density at radius 3 is 2.48 bits per heavy atom. The van der Waals surface area contributed by atoms with Gasteiger partial charge in [0.25, 0.3) is 0 Å². The Hall–Kier alpha value is -2.04. The average Bonchev–Trinajstić information content (AvgIpc) is 2.75. The van der Waals surface area contributed by atoms with E-state index in [1.54, 1.807) is 7.11 Å². The Morgan fingerprint density at radius 1 is 1.03 bits per heavy atom. The van der Waals surface area contributed by atoms with Crippen LogP contribution in [0.2, 0.25) is 5.02 Å². The van der Waals surface area contributed by atoms with Crippen LogP contribution < -0.4 is 10.1 Å². The second kappa shape index (κ2) is 11.0. The number of halogens is 1. The zero-order valence-corrected chi connectivity index (χ0v) is 20.3. The molecular formula is C26H36ClN3O. The van der Waals surface area contributed by atoms with Crippen LogP contribution in [0.3, 0.4) is 0 Å². The van der Waals surface area contributed by atoms with Gasteiger partial charge in [-0.05, 0) is 81.2 Å². The van der Waals surface area contributed by atoms with Crippen LogP contribution in [0.15, 0.2) is 36.4 Å². The molecule has 0 saturated heterocycles. The second-order valence-electron chi connectivity index (χ2n) is 8.67. The van der Waals surface area contributed by atoms with Gasteiger partial charge in [-0.3, -0.25) is 0 Å². The number of aromatic nitrogens is 1. The summed E-state index contributed by atoms with van der Waals surface area (Å²) in [6.07, 6.45) is 3.45. The Morgan fingerprint density at radius 2 is 1.81 bits per heavy atom. The molecule has 1 unspecified atom stereocenters. The molecule has 4 nitrogen and oxygen atoms in total. The van der Waals surface area contributed by atoms with Gasteiger partial charge in [0.1, 0.15) is 5.75 Å². The van der Waals surface area contributed by atoms with Crippen molar-refractivity contribution >= 4 is 39.1 Å². The molecule has 1 atom stereocenters. The molecule has 0 spiro atoms. The largest absolute Gasteiger partial charge is 0.497 e. The molecule has 1 heterocycles. The number of pyridine rings is 1. The zero-order valence-electron chi connectivity index (χ0n) is 19.5. The van der Waals surface area contributed by atoms with E-state index in [0.717, 1.165) is 65.7 Å². The molecule has 0 saturated carbocycles. The van der Waals surface area contributed by atoms with Crippen molar-refractivity contribution < 1.29 is 4.74 Å². The van der Waals surface area contributed by atoms with Crippen LogP contribution in [0, 0.1) is 5.92 Å². The summed E-state index contributed by atoms with van der Waals surface area (Å²) in [5.74, 6) is 1.46. The molecule has 0 aliphatic rings. The lowest BCUT2D eigenvalue weighted by Crippen LogP contribution is -2.27. The Labute approximate surface area is 191 Å². The molecular weight excluding hydrogens is 406 g/mol. The number of benzene rings is 2. The van der Waals surface area contributed by atoms with E-state index in [1.165, 1.54) is 6.42 Å². The van der Waals surface area contributed by atoms with E-state index in [-0.39, 0.29) is 0 Å². The number of anilines is 1. The second-order valence-corrected chi connectivity index (χ2v) is 9.11. The summed E-state index contributed by atoms with van der Waals surface area (Å²) >= 11 is 6.29. The predicted octanol–water partition coefficient (Wildman–Crippen LogP) is 7.00. The van der Waals surface area contributed by atoms with Crippen molar-refractivity contribution in [1.29, 1.82) is 0 Å². The molecule has 31 heavy (non-hydrogen) atoms. The first-order valence-electron chi connectivity index (χ1n) is 11.5. The third-order valence-electron chi connectivity index (χ3n) is 5.97. The molecule has 3 rings (SSSR count). The molecule has 5 heteroatoms. The summed E-state index contributed by atoms with van der Waals surface area (Å²) in [6, 6.07) is 12.4. The molecule has 1 N–H and O–H groups in total. The fraction of sp³-hybridized carbons (Fsp3) is 0.500. The summed E-state index contributed by atoms with van der Waals surface area (Å²) in [7, 11) is 1.71. The van der Waals surface area contributed by atoms with Crippen LogP contribution in [0.5, 0.6) is 5.75 Å². The first-order chi connectivity index (χ1) is 14.9. The van der Waals surface area contributed by atoms with Gasteiger partial charge in [0, 0.05) is 21.8 Å². The van der Waals surface area contributed by atoms with Crippen molar-refractivity contribution in [1.82, 2.24) is 9.88 Å². The lowest BCUT2D eigenvalue weighted by atomic mass is 9.98. The van der Waals surface area contributed by atoms with Crippen LogP contribution in [-0.4, -0.2) is 42.7 Å². The number of methoxy groups -OCH3 is 1. The van der Waals surface area contributed by atoms with Gasteiger partial charge in [-0.1, -0.05) is 39.3 Å². The highest BCUT2D eigenvalue weighted by atomic mass is 35.5. The Kier molecular flexibility index (Phi) is 8.39. The fourth-order valence-electron chi connectivity index (χ4n) is 4.30. The van der Waals surface area contributed by atoms with E-state index in [1.807, 2.05) is 24.3 Å². The predicted molar refractivity (Wildman–Crippen MR) is 135 cm³/mol. The maximum Gasteiger partial charge on any atom is 0.119 e. The lowest BCUT2D eigenvalue weighted by molar-refractivity contribution is 0.292. The van der Waals surface area contributed by atoms with Gasteiger partial charge in [-0.15, -0.1) is 0 Å². The van der Waals surface area contributed by atoms with Crippen molar-refractivity contribution in [3.63, 3.8) is 0 Å². The van der Waals surface area contributed by atoms with Crippen molar-refractivity contribution in [3.8, 4) is 5.75 Å². The lowest BCUT2D eigenvalue weighted by Gasteiger charge is -2.25. The zero-order chi connectivity index (χ0) is 22.4. The molecule has 0 amide bonds. The summed E-state index contributed by atoms with van der Waals surface area (Å²) in [5, 5.41) is 6.81. The topological polar surface area (TPSA) is 37.4 Å². The third-order valence-corrected chi connectivity index (χ3v) is 6.20. The molecule has 1 aromatic heterocycles. The van der Waals surface area contributed by atoms with Crippen molar-refractivity contribution in [2.75, 3.05) is 32.1 Å². The number of nitrogens with zero attached hydrogens (tertiary/aromatic N) is 2. The average molecular weight is 442 g/mol. The van der Waals surface area contributed by atoms with Gasteiger partial charge in [0.05, 0.1) is 23.8 Å². The SMILES string of the molecule is CCN(CC)CCCC(CC(C)C)Nc1c2ccc(Cl)cc2nc2ccc(OC)cc12. The quantitative estimate of drug-likeness (QED) is 0.325. The van der Waals surface area contributed by atoms with Gasteiger partial charge < -0.3 is 15.0 Å². The molecule has 0 fully saturated rings. The number of hydrogen-bond donors (Lipinski definition) is 1. The smallest absolute Gasteiger partial charge is 0.119 e. The van der Waals surface area contributed by atoms with Crippen LogP contribution in [-0.2, 0) is 0 Å². The van der Waals surface area contributed by atoms with Crippen molar-refractivity contribution in [2.24, 2.45) is 5.92 Å². The maximum absolute atomic E-state index is 6.29. The summed E-state index contributed by atoms with van der Waals surface area (Å²) in [5.41, 5.74) is 2.99. The molecule has 0 aliphatic heterocycles. The van der Waals surface area contributed by atoms with Crippen molar-refractivity contribution in [2.45, 2.75) is 53.0 Å². The van der Waals surface area contributed by atoms with Gasteiger partial charge in [-0.2, -0.15) is 0 Å². The highest BCUT2D eigenvalue weighted by Crippen LogP contribution is 2.35. The number of rotatable bonds is 11. The van der Waals surface area contributed by atoms with E-state index >= 15 is 0 Å². The summed E-state index contributed by atoms with van der Waals surface area (Å²) < 4.78 is 5.51. The normalized spacial score (nSPS) is 12.8. The van der Waals surface area contributed by atoms with E-state index in [4.69, 9.17) is 21.3 Å². The molecule has 2 aromatic carbocycles. The maximum atomic E-state index is 6.29. The minimum absolute atomic E-state index is 0.395. The summed E-state index contributed by atoms with van der Waals surface area (Å²) in [4.78, 5) is 7.36. The van der Waals surface area contributed by atoms with Gasteiger partial charge in [-0.25, -0.2) is 4.98 Å². The highest BCUT2D eigenvalue weighted by molar-refractivity contribution is 6.31. The van der Waals surface area contributed by atoms with Gasteiger partial charge in [0.2, 0.25) is 0 Å². The minimum Gasteiger partial charge on any atom is -0.497 e. The number of fused-ring (bicyclic) bond motifs is 2. The first-order valence-corrected chi connectivity index (χ1v) is 11.9. The van der Waals surface area contributed by atoms with Crippen LogP contribution >= 0.6 is 11.6 Å². The summed E-state index contributed by atoms with van der Waals surface area (Å²) in [6.45, 7) is 12.4. The van der Waals surface area contributed by atoms with Crippen molar-refractivity contribution in [3.05, 3.63) is 41.4 Å².